The van der Waals surface area contributed by atoms with Crippen molar-refractivity contribution >= 4 is 39.1 Å². The molecule has 32 heavy (non-hydrogen) atoms. The zero-order valence-corrected chi connectivity index (χ0v) is 18.4. The van der Waals surface area contributed by atoms with Gasteiger partial charge in [-0.2, -0.15) is 0 Å². The number of benzene rings is 2. The summed E-state index contributed by atoms with van der Waals surface area (Å²) in [7, 11) is 0. The van der Waals surface area contributed by atoms with Gasteiger partial charge in [0.2, 0.25) is 5.91 Å². The van der Waals surface area contributed by atoms with E-state index in [0.717, 1.165) is 10.4 Å². The topological polar surface area (TPSA) is 90.3 Å². The average Bonchev–Trinajstić information content (AvgIpc) is 3.21. The number of hydrogen-bond acceptors (Lipinski definition) is 6. The van der Waals surface area contributed by atoms with E-state index in [2.05, 4.69) is 10.3 Å². The molecule has 0 fully saturated rings. The molecule has 4 aromatic rings. The van der Waals surface area contributed by atoms with E-state index in [-0.39, 0.29) is 18.2 Å². The zero-order valence-electron chi connectivity index (χ0n) is 17.6. The Bertz CT molecular complexity index is 1340. The molecule has 0 saturated heterocycles. The second-order valence-electron chi connectivity index (χ2n) is 7.46. The van der Waals surface area contributed by atoms with Gasteiger partial charge in [0.1, 0.15) is 11.4 Å². The first-order valence-electron chi connectivity index (χ1n) is 10.1. The van der Waals surface area contributed by atoms with Crippen molar-refractivity contribution in [2.75, 3.05) is 5.32 Å². The number of thiophene rings is 1. The summed E-state index contributed by atoms with van der Waals surface area (Å²) in [6, 6.07) is 18.0. The fraction of sp³-hybridized carbons (Fsp3) is 0.167. The predicted molar refractivity (Wildman–Crippen MR) is 125 cm³/mol. The van der Waals surface area contributed by atoms with Gasteiger partial charge in [0.15, 0.2) is 0 Å². The third-order valence-electron chi connectivity index (χ3n) is 4.62. The van der Waals surface area contributed by atoms with Gasteiger partial charge in [-0.3, -0.25) is 14.2 Å². The molecule has 8 heteroatoms. The van der Waals surface area contributed by atoms with Crippen LogP contribution in [-0.2, 0) is 16.1 Å². The van der Waals surface area contributed by atoms with Gasteiger partial charge in [-0.1, -0.05) is 36.4 Å². The number of amides is 1. The highest BCUT2D eigenvalue weighted by Gasteiger charge is 2.14. The molecule has 7 nitrogen and oxygen atoms in total. The molecule has 0 atom stereocenters. The number of nitrogens with one attached hydrogen (secondary N) is 1. The maximum atomic E-state index is 12.9. The molecule has 0 bridgehead atoms. The van der Waals surface area contributed by atoms with Gasteiger partial charge in [-0.05, 0) is 43.7 Å². The lowest BCUT2D eigenvalue weighted by molar-refractivity contribution is -0.116. The maximum absolute atomic E-state index is 12.9. The van der Waals surface area contributed by atoms with Crippen LogP contribution >= 0.6 is 11.3 Å². The Kier molecular flexibility index (Phi) is 6.13. The molecule has 4 rings (SSSR count). The van der Waals surface area contributed by atoms with Crippen LogP contribution in [0.25, 0.3) is 20.7 Å². The van der Waals surface area contributed by atoms with Crippen molar-refractivity contribution in [1.29, 1.82) is 0 Å². The number of rotatable bonds is 6. The molecule has 1 N–H and O–H groups in total. The molecule has 0 unspecified atom stereocenters. The fourth-order valence-electron chi connectivity index (χ4n) is 3.18. The van der Waals surface area contributed by atoms with E-state index in [9.17, 15) is 14.4 Å². The fourth-order valence-corrected chi connectivity index (χ4v) is 4.17. The predicted octanol–water partition coefficient (Wildman–Crippen LogP) is 4.33. The van der Waals surface area contributed by atoms with Crippen LogP contribution < -0.4 is 10.9 Å². The van der Waals surface area contributed by atoms with E-state index in [1.165, 1.54) is 28.3 Å². The number of carbonyl (C=O) groups excluding carboxylic acids is 2. The van der Waals surface area contributed by atoms with Crippen LogP contribution in [0.3, 0.4) is 0 Å². The smallest absolute Gasteiger partial charge is 0.338 e. The summed E-state index contributed by atoms with van der Waals surface area (Å²) < 4.78 is 6.45. The lowest BCUT2D eigenvalue weighted by Gasteiger charge is -2.10. The Morgan fingerprint density at radius 1 is 1.09 bits per heavy atom. The highest BCUT2D eigenvalue weighted by molar-refractivity contribution is 7.21. The van der Waals surface area contributed by atoms with Gasteiger partial charge >= 0.3 is 5.97 Å². The monoisotopic (exact) mass is 447 g/mol. The lowest BCUT2D eigenvalue weighted by Crippen LogP contribution is -2.27. The highest BCUT2D eigenvalue weighted by atomic mass is 32.1. The second kappa shape index (κ2) is 9.15. The molecule has 0 aliphatic rings. The molecule has 0 aliphatic carbocycles. The summed E-state index contributed by atoms with van der Waals surface area (Å²) in [5.41, 5.74) is 1.51. The molecule has 162 valence electrons. The molecule has 2 heterocycles. The normalized spacial score (nSPS) is 11.0. The van der Waals surface area contributed by atoms with Crippen molar-refractivity contribution < 1.29 is 14.3 Å². The number of carbonyl (C=O) groups is 2. The van der Waals surface area contributed by atoms with Gasteiger partial charge in [-0.15, -0.1) is 11.3 Å². The van der Waals surface area contributed by atoms with Crippen molar-refractivity contribution in [3.63, 3.8) is 0 Å². The molecule has 2 aromatic carbocycles. The molecule has 0 aliphatic heterocycles. The quantitative estimate of drug-likeness (QED) is 0.445. The first-order chi connectivity index (χ1) is 15.4. The van der Waals surface area contributed by atoms with Crippen molar-refractivity contribution in [3.05, 3.63) is 82.9 Å². The second-order valence-corrected chi connectivity index (χ2v) is 8.49. The van der Waals surface area contributed by atoms with E-state index in [4.69, 9.17) is 4.74 Å². The molecular weight excluding hydrogens is 426 g/mol. The third kappa shape index (κ3) is 4.76. The molecular formula is C24H21N3O4S. The number of esters is 1. The summed E-state index contributed by atoms with van der Waals surface area (Å²) in [6.07, 6.45) is 1.14. The molecule has 1 amide bonds. The van der Waals surface area contributed by atoms with Crippen molar-refractivity contribution in [1.82, 2.24) is 9.55 Å². The largest absolute Gasteiger partial charge is 0.459 e. The average molecular weight is 448 g/mol. The Hall–Kier alpha value is -3.78. The Morgan fingerprint density at radius 2 is 1.88 bits per heavy atom. The van der Waals surface area contributed by atoms with Gasteiger partial charge in [0.05, 0.1) is 23.4 Å². The summed E-state index contributed by atoms with van der Waals surface area (Å²) in [5, 5.41) is 3.19. The Labute approximate surface area is 188 Å². The number of anilines is 1. The van der Waals surface area contributed by atoms with E-state index in [1.807, 2.05) is 36.4 Å². The van der Waals surface area contributed by atoms with E-state index < -0.39 is 11.9 Å². The first kappa shape index (κ1) is 21.5. The van der Waals surface area contributed by atoms with E-state index >= 15 is 0 Å². The molecule has 0 spiro atoms. The van der Waals surface area contributed by atoms with Crippen LogP contribution in [0.4, 0.5) is 5.69 Å². The summed E-state index contributed by atoms with van der Waals surface area (Å²) in [4.78, 5) is 43.4. The van der Waals surface area contributed by atoms with Crippen LogP contribution in [0.2, 0.25) is 0 Å². The minimum atomic E-state index is -0.464. The van der Waals surface area contributed by atoms with Crippen molar-refractivity contribution in [3.8, 4) is 10.4 Å². The Morgan fingerprint density at radius 3 is 2.62 bits per heavy atom. The van der Waals surface area contributed by atoms with Gasteiger partial charge < -0.3 is 10.1 Å². The lowest BCUT2D eigenvalue weighted by atomic mass is 10.2. The van der Waals surface area contributed by atoms with Crippen LogP contribution in [-0.4, -0.2) is 27.5 Å². The maximum Gasteiger partial charge on any atom is 0.338 e. The summed E-state index contributed by atoms with van der Waals surface area (Å²) in [5.74, 6) is -0.866. The van der Waals surface area contributed by atoms with Crippen LogP contribution in [0.5, 0.6) is 0 Å². The van der Waals surface area contributed by atoms with Crippen LogP contribution in [0, 0.1) is 0 Å². The van der Waals surface area contributed by atoms with E-state index in [0.29, 0.717) is 21.5 Å². The third-order valence-corrected chi connectivity index (χ3v) is 5.71. The first-order valence-corrected chi connectivity index (χ1v) is 10.9. The van der Waals surface area contributed by atoms with Gasteiger partial charge in [0.25, 0.3) is 5.56 Å². The number of aromatic nitrogens is 2. The summed E-state index contributed by atoms with van der Waals surface area (Å²) in [6.45, 7) is 3.34. The summed E-state index contributed by atoms with van der Waals surface area (Å²) >= 11 is 1.43. The van der Waals surface area contributed by atoms with Crippen LogP contribution in [0.15, 0.2) is 71.8 Å². The van der Waals surface area contributed by atoms with Crippen molar-refractivity contribution in [2.45, 2.75) is 26.5 Å². The number of ether oxygens (including phenoxy) is 1. The SMILES string of the molecule is CC(C)OC(=O)c1cccc(NC(=O)Cn2cnc3sc(-c4ccccc4)cc3c2=O)c1. The number of hydrogen-bond donors (Lipinski definition) is 1. The van der Waals surface area contributed by atoms with Gasteiger partial charge in [-0.25, -0.2) is 9.78 Å². The number of nitrogens with zero attached hydrogens (tertiary/aromatic N) is 2. The number of fused-ring (bicyclic) bond motifs is 1. The molecule has 2 aromatic heterocycles. The van der Waals surface area contributed by atoms with Crippen LogP contribution in [0.1, 0.15) is 24.2 Å². The Balaban J connectivity index is 1.51. The molecule has 0 radical (unpaired) electrons. The minimum absolute atomic E-state index is 0.195. The van der Waals surface area contributed by atoms with Crippen molar-refractivity contribution in [2.24, 2.45) is 0 Å². The van der Waals surface area contributed by atoms with Gasteiger partial charge in [0, 0.05) is 10.6 Å². The molecule has 0 saturated carbocycles. The standard InChI is InChI=1S/C24H21N3O4S/c1-15(2)31-24(30)17-9-6-10-18(11-17)26-21(28)13-27-14-25-22-19(23(27)29)12-20(32-22)16-7-4-3-5-8-16/h3-12,14-15H,13H2,1-2H3,(H,26,28). The highest BCUT2D eigenvalue weighted by Crippen LogP contribution is 2.30. The minimum Gasteiger partial charge on any atom is -0.459 e. The zero-order chi connectivity index (χ0) is 22.7. The van der Waals surface area contributed by atoms with E-state index in [1.54, 1.807) is 32.0 Å².